The zero-order chi connectivity index (χ0) is 18.4. The SMILES string of the molecule is CSc1nnc(CCCNC(=O)Cc2ccc(F)cc2)n1C1CCCC1. The van der Waals surface area contributed by atoms with Crippen LogP contribution in [-0.4, -0.2) is 33.5 Å². The van der Waals surface area contributed by atoms with E-state index in [4.69, 9.17) is 0 Å². The topological polar surface area (TPSA) is 59.8 Å². The summed E-state index contributed by atoms with van der Waals surface area (Å²) in [6.45, 7) is 0.603. The normalized spacial score (nSPS) is 14.7. The Morgan fingerprint density at radius 1 is 1.27 bits per heavy atom. The molecule has 1 amide bonds. The molecular weight excluding hydrogens is 351 g/mol. The van der Waals surface area contributed by atoms with Crippen LogP contribution in [0.15, 0.2) is 29.4 Å². The molecule has 1 N–H and O–H groups in total. The minimum atomic E-state index is -0.287. The smallest absolute Gasteiger partial charge is 0.224 e. The number of nitrogens with zero attached hydrogens (tertiary/aromatic N) is 3. The molecule has 0 unspecified atom stereocenters. The lowest BCUT2D eigenvalue weighted by molar-refractivity contribution is -0.120. The predicted molar refractivity (Wildman–Crippen MR) is 101 cm³/mol. The van der Waals surface area contributed by atoms with Crippen LogP contribution in [0.4, 0.5) is 4.39 Å². The van der Waals surface area contributed by atoms with Gasteiger partial charge in [-0.25, -0.2) is 4.39 Å². The van der Waals surface area contributed by atoms with Crippen molar-refractivity contribution in [2.45, 2.75) is 56.1 Å². The Balaban J connectivity index is 1.47. The lowest BCUT2D eigenvalue weighted by Gasteiger charge is -2.16. The van der Waals surface area contributed by atoms with Crippen molar-refractivity contribution in [1.29, 1.82) is 0 Å². The number of halogens is 1. The van der Waals surface area contributed by atoms with Crippen LogP contribution in [0.2, 0.25) is 0 Å². The van der Waals surface area contributed by atoms with Gasteiger partial charge in [0.25, 0.3) is 0 Å². The van der Waals surface area contributed by atoms with Gasteiger partial charge in [0, 0.05) is 19.0 Å². The monoisotopic (exact) mass is 376 g/mol. The highest BCUT2D eigenvalue weighted by atomic mass is 32.2. The maximum atomic E-state index is 12.9. The number of aromatic nitrogens is 3. The number of rotatable bonds is 8. The first kappa shape index (κ1) is 18.9. The van der Waals surface area contributed by atoms with E-state index in [1.54, 1.807) is 23.9 Å². The Morgan fingerprint density at radius 2 is 2.00 bits per heavy atom. The van der Waals surface area contributed by atoms with E-state index >= 15 is 0 Å². The molecule has 0 radical (unpaired) electrons. The summed E-state index contributed by atoms with van der Waals surface area (Å²) in [5.74, 6) is 0.692. The number of nitrogens with one attached hydrogen (secondary N) is 1. The molecule has 0 saturated heterocycles. The Morgan fingerprint density at radius 3 is 2.69 bits per heavy atom. The van der Waals surface area contributed by atoms with E-state index in [1.165, 1.54) is 37.8 Å². The van der Waals surface area contributed by atoms with Gasteiger partial charge in [0.1, 0.15) is 11.6 Å². The fraction of sp³-hybridized carbons (Fsp3) is 0.526. The maximum absolute atomic E-state index is 12.9. The summed E-state index contributed by atoms with van der Waals surface area (Å²) in [5.41, 5.74) is 0.814. The molecule has 1 aliphatic carbocycles. The largest absolute Gasteiger partial charge is 0.356 e. The fourth-order valence-electron chi connectivity index (χ4n) is 3.47. The van der Waals surface area contributed by atoms with Crippen molar-refractivity contribution in [1.82, 2.24) is 20.1 Å². The summed E-state index contributed by atoms with van der Waals surface area (Å²) in [4.78, 5) is 12.0. The molecular formula is C19H25FN4OS. The van der Waals surface area contributed by atoms with Crippen molar-refractivity contribution in [3.63, 3.8) is 0 Å². The highest BCUT2D eigenvalue weighted by molar-refractivity contribution is 7.98. The summed E-state index contributed by atoms with van der Waals surface area (Å²) in [7, 11) is 0. The second kappa shape index (κ2) is 9.16. The first-order valence-electron chi connectivity index (χ1n) is 9.16. The van der Waals surface area contributed by atoms with Crippen LogP contribution in [-0.2, 0) is 17.6 Å². The number of benzene rings is 1. The number of amides is 1. The van der Waals surface area contributed by atoms with Crippen LogP contribution < -0.4 is 5.32 Å². The maximum Gasteiger partial charge on any atom is 0.224 e. The summed E-state index contributed by atoms with van der Waals surface area (Å²) < 4.78 is 15.2. The van der Waals surface area contributed by atoms with Gasteiger partial charge in [-0.3, -0.25) is 4.79 Å². The van der Waals surface area contributed by atoms with E-state index in [-0.39, 0.29) is 18.1 Å². The van der Waals surface area contributed by atoms with Gasteiger partial charge in [-0.15, -0.1) is 10.2 Å². The summed E-state index contributed by atoms with van der Waals surface area (Å²) >= 11 is 1.64. The van der Waals surface area contributed by atoms with Crippen LogP contribution in [0.1, 0.15) is 49.5 Å². The quantitative estimate of drug-likeness (QED) is 0.565. The third-order valence-electron chi connectivity index (χ3n) is 4.78. The van der Waals surface area contributed by atoms with Gasteiger partial charge >= 0.3 is 0 Å². The van der Waals surface area contributed by atoms with Crippen molar-refractivity contribution in [2.75, 3.05) is 12.8 Å². The number of hydrogen-bond acceptors (Lipinski definition) is 4. The number of aryl methyl sites for hydroxylation is 1. The predicted octanol–water partition coefficient (Wildman–Crippen LogP) is 3.55. The molecule has 1 saturated carbocycles. The van der Waals surface area contributed by atoms with Crippen molar-refractivity contribution >= 4 is 17.7 Å². The third-order valence-corrected chi connectivity index (χ3v) is 5.43. The van der Waals surface area contributed by atoms with E-state index in [0.29, 0.717) is 12.6 Å². The van der Waals surface area contributed by atoms with Crippen LogP contribution in [0.25, 0.3) is 0 Å². The standard InChI is InChI=1S/C19H25FN4OS/c1-26-19-23-22-17(24(19)16-5-2-3-6-16)7-4-12-21-18(25)13-14-8-10-15(20)11-9-14/h8-11,16H,2-7,12-13H2,1H3,(H,21,25). The molecule has 26 heavy (non-hydrogen) atoms. The molecule has 2 aromatic rings. The highest BCUT2D eigenvalue weighted by Crippen LogP contribution is 2.33. The average Bonchev–Trinajstić information content (AvgIpc) is 3.29. The van der Waals surface area contributed by atoms with E-state index in [2.05, 4.69) is 20.1 Å². The molecule has 3 rings (SSSR count). The van der Waals surface area contributed by atoms with E-state index in [1.807, 2.05) is 6.26 Å². The zero-order valence-corrected chi connectivity index (χ0v) is 15.9. The van der Waals surface area contributed by atoms with Gasteiger partial charge in [-0.1, -0.05) is 36.7 Å². The van der Waals surface area contributed by atoms with Crippen molar-refractivity contribution in [3.8, 4) is 0 Å². The second-order valence-electron chi connectivity index (χ2n) is 6.67. The lowest BCUT2D eigenvalue weighted by Crippen LogP contribution is -2.26. The molecule has 1 heterocycles. The molecule has 1 aliphatic rings. The third kappa shape index (κ3) is 4.84. The Kier molecular flexibility index (Phi) is 6.66. The molecule has 1 aromatic heterocycles. The molecule has 7 heteroatoms. The number of carbonyl (C=O) groups excluding carboxylic acids is 1. The lowest BCUT2D eigenvalue weighted by atomic mass is 10.1. The number of hydrogen-bond donors (Lipinski definition) is 1. The molecule has 140 valence electrons. The molecule has 0 atom stereocenters. The van der Waals surface area contributed by atoms with E-state index < -0.39 is 0 Å². The average molecular weight is 377 g/mol. The summed E-state index contributed by atoms with van der Waals surface area (Å²) in [5, 5.41) is 12.6. The molecule has 0 bridgehead atoms. The van der Waals surface area contributed by atoms with E-state index in [0.717, 1.165) is 29.4 Å². The first-order chi connectivity index (χ1) is 12.7. The molecule has 1 aromatic carbocycles. The van der Waals surface area contributed by atoms with Gasteiger partial charge in [0.15, 0.2) is 5.16 Å². The molecule has 5 nitrogen and oxygen atoms in total. The van der Waals surface area contributed by atoms with Crippen LogP contribution in [0.3, 0.4) is 0 Å². The Labute approximate surface area is 157 Å². The van der Waals surface area contributed by atoms with Crippen LogP contribution in [0, 0.1) is 5.82 Å². The van der Waals surface area contributed by atoms with Gasteiger partial charge in [-0.05, 0) is 43.2 Å². The van der Waals surface area contributed by atoms with Gasteiger partial charge in [0.05, 0.1) is 6.42 Å². The van der Waals surface area contributed by atoms with Crippen molar-refractivity contribution < 1.29 is 9.18 Å². The first-order valence-corrected chi connectivity index (χ1v) is 10.4. The highest BCUT2D eigenvalue weighted by Gasteiger charge is 2.23. The van der Waals surface area contributed by atoms with Crippen LogP contribution >= 0.6 is 11.8 Å². The minimum Gasteiger partial charge on any atom is -0.356 e. The fourth-order valence-corrected chi connectivity index (χ4v) is 4.04. The number of carbonyl (C=O) groups is 1. The number of thioether (sulfide) groups is 1. The van der Waals surface area contributed by atoms with Gasteiger partial charge in [-0.2, -0.15) is 0 Å². The summed E-state index contributed by atoms with van der Waals surface area (Å²) in [6, 6.07) is 6.56. The van der Waals surface area contributed by atoms with Gasteiger partial charge < -0.3 is 9.88 Å². The van der Waals surface area contributed by atoms with Gasteiger partial charge in [0.2, 0.25) is 5.91 Å². The minimum absolute atomic E-state index is 0.0429. The molecule has 1 fully saturated rings. The zero-order valence-electron chi connectivity index (χ0n) is 15.1. The summed E-state index contributed by atoms with van der Waals surface area (Å²) in [6.07, 6.45) is 8.89. The molecule has 0 spiro atoms. The Bertz CT molecular complexity index is 726. The van der Waals surface area contributed by atoms with Crippen molar-refractivity contribution in [2.24, 2.45) is 0 Å². The van der Waals surface area contributed by atoms with Crippen LogP contribution in [0.5, 0.6) is 0 Å². The Hall–Kier alpha value is -1.89. The molecule has 0 aliphatic heterocycles. The van der Waals surface area contributed by atoms with E-state index in [9.17, 15) is 9.18 Å². The van der Waals surface area contributed by atoms with Crippen molar-refractivity contribution in [3.05, 3.63) is 41.5 Å². The second-order valence-corrected chi connectivity index (χ2v) is 7.44.